The van der Waals surface area contributed by atoms with Gasteiger partial charge in [-0.2, -0.15) is 0 Å². The molecule has 3 N–H and O–H groups in total. The fraction of sp³-hybridized carbons (Fsp3) is 0.524. The molecule has 2 saturated heterocycles. The number of imide groups is 1. The molecule has 158 valence electrons. The number of nitrogens with one attached hydrogen (secondary N) is 2. The van der Waals surface area contributed by atoms with Crippen LogP contribution in [0.25, 0.3) is 0 Å². The van der Waals surface area contributed by atoms with Gasteiger partial charge in [-0.25, -0.2) is 4.79 Å². The quantitative estimate of drug-likeness (QED) is 0.626. The third-order valence-corrected chi connectivity index (χ3v) is 6.88. The van der Waals surface area contributed by atoms with Gasteiger partial charge in [-0.15, -0.1) is 0 Å². The zero-order chi connectivity index (χ0) is 21.0. The van der Waals surface area contributed by atoms with Crippen molar-refractivity contribution in [1.82, 2.24) is 20.4 Å². The van der Waals surface area contributed by atoms with Crippen LogP contribution in [0.4, 0.5) is 4.79 Å². The number of carboxylic acid groups (broad SMARTS) is 1. The lowest BCUT2D eigenvalue weighted by Crippen LogP contribution is -2.52. The smallest absolute Gasteiger partial charge is 0.407 e. The summed E-state index contributed by atoms with van der Waals surface area (Å²) >= 11 is 0. The van der Waals surface area contributed by atoms with E-state index in [1.807, 2.05) is 12.1 Å². The Morgan fingerprint density at radius 2 is 2.07 bits per heavy atom. The average molecular weight is 412 g/mol. The summed E-state index contributed by atoms with van der Waals surface area (Å²) in [5.41, 5.74) is 2.50. The van der Waals surface area contributed by atoms with Crippen molar-refractivity contribution in [2.45, 2.75) is 56.9 Å². The standard InChI is InChI=1S/C21H24N4O5/c26-18-4-3-16(19(27)23-18)24-10-13-5-11(1-2-14(13)20(24)28)8-22-15-6-12-7-17(15)25(9-12)21(29)30/h1-2,5,12,15-17,22H,3-4,6-10H2,(H,29,30)(H,23,26,27)/t12-,15-,16?,17-/m0/s1. The molecule has 3 fully saturated rings. The molecule has 30 heavy (non-hydrogen) atoms. The molecule has 4 atom stereocenters. The Bertz CT molecular complexity index is 947. The van der Waals surface area contributed by atoms with E-state index in [0.717, 1.165) is 24.0 Å². The monoisotopic (exact) mass is 412 g/mol. The summed E-state index contributed by atoms with van der Waals surface area (Å²) in [6.07, 6.45) is 1.65. The highest BCUT2D eigenvalue weighted by atomic mass is 16.4. The van der Waals surface area contributed by atoms with Crippen LogP contribution < -0.4 is 10.6 Å². The van der Waals surface area contributed by atoms with Gasteiger partial charge in [-0.3, -0.25) is 19.7 Å². The Hall–Kier alpha value is -2.94. The van der Waals surface area contributed by atoms with Crippen LogP contribution in [0.3, 0.4) is 0 Å². The van der Waals surface area contributed by atoms with E-state index in [2.05, 4.69) is 10.6 Å². The Balaban J connectivity index is 1.24. The van der Waals surface area contributed by atoms with Gasteiger partial charge in [-0.05, 0) is 42.4 Å². The summed E-state index contributed by atoms with van der Waals surface area (Å²) < 4.78 is 0. The van der Waals surface area contributed by atoms with Gasteiger partial charge in [0.2, 0.25) is 11.8 Å². The first-order chi connectivity index (χ1) is 14.4. The molecule has 5 rings (SSSR count). The van der Waals surface area contributed by atoms with Crippen molar-refractivity contribution < 1.29 is 24.3 Å². The molecule has 1 aromatic rings. The average Bonchev–Trinajstić information content (AvgIpc) is 3.39. The predicted molar refractivity (Wildman–Crippen MR) is 104 cm³/mol. The minimum Gasteiger partial charge on any atom is -0.465 e. The predicted octanol–water partition coefficient (Wildman–Crippen LogP) is 0.678. The maximum Gasteiger partial charge on any atom is 0.407 e. The summed E-state index contributed by atoms with van der Waals surface area (Å²) in [5.74, 6) is -0.447. The zero-order valence-corrected chi connectivity index (χ0v) is 16.5. The third kappa shape index (κ3) is 3.13. The molecule has 3 heterocycles. The van der Waals surface area contributed by atoms with Crippen LogP contribution in [0.1, 0.15) is 47.2 Å². The highest BCUT2D eigenvalue weighted by Gasteiger charge is 2.46. The number of fused-ring (bicyclic) bond motifs is 3. The molecule has 9 nitrogen and oxygen atoms in total. The number of hydrogen-bond donors (Lipinski definition) is 3. The molecule has 1 saturated carbocycles. The SMILES string of the molecule is O=C1CCC(N2Cc3cc(CN[C@H]4C[C@H]5C[C@@H]4N(C(=O)O)C5)ccc3C2=O)C(=O)N1. The van der Waals surface area contributed by atoms with E-state index in [1.165, 1.54) is 0 Å². The van der Waals surface area contributed by atoms with Crippen LogP contribution in [-0.2, 0) is 22.7 Å². The van der Waals surface area contributed by atoms with Gasteiger partial charge >= 0.3 is 6.09 Å². The van der Waals surface area contributed by atoms with Crippen LogP contribution in [0.15, 0.2) is 18.2 Å². The van der Waals surface area contributed by atoms with E-state index < -0.39 is 18.0 Å². The first kappa shape index (κ1) is 19.0. The zero-order valence-electron chi connectivity index (χ0n) is 16.5. The molecule has 1 aromatic carbocycles. The lowest BCUT2D eigenvalue weighted by molar-refractivity contribution is -0.136. The maximum absolute atomic E-state index is 12.8. The van der Waals surface area contributed by atoms with E-state index in [1.54, 1.807) is 15.9 Å². The Morgan fingerprint density at radius 3 is 2.80 bits per heavy atom. The van der Waals surface area contributed by atoms with Crippen LogP contribution in [0, 0.1) is 5.92 Å². The number of rotatable bonds is 4. The van der Waals surface area contributed by atoms with Crippen molar-refractivity contribution in [3.63, 3.8) is 0 Å². The second-order valence-corrected chi connectivity index (χ2v) is 8.72. The maximum atomic E-state index is 12.8. The van der Waals surface area contributed by atoms with Crippen molar-refractivity contribution in [3.05, 3.63) is 34.9 Å². The fourth-order valence-corrected chi connectivity index (χ4v) is 5.45. The summed E-state index contributed by atoms with van der Waals surface area (Å²) in [5, 5.41) is 15.2. The summed E-state index contributed by atoms with van der Waals surface area (Å²) in [4.78, 5) is 50.8. The molecule has 9 heteroatoms. The van der Waals surface area contributed by atoms with E-state index in [4.69, 9.17) is 0 Å². The molecule has 1 unspecified atom stereocenters. The van der Waals surface area contributed by atoms with Crippen molar-refractivity contribution in [2.24, 2.45) is 5.92 Å². The molecular weight excluding hydrogens is 388 g/mol. The summed E-state index contributed by atoms with van der Waals surface area (Å²) in [6, 6.07) is 5.25. The summed E-state index contributed by atoms with van der Waals surface area (Å²) in [6.45, 7) is 1.59. The highest BCUT2D eigenvalue weighted by molar-refractivity contribution is 6.05. The molecule has 3 aliphatic heterocycles. The summed E-state index contributed by atoms with van der Waals surface area (Å²) in [7, 11) is 0. The molecule has 1 aliphatic carbocycles. The van der Waals surface area contributed by atoms with Crippen LogP contribution in [0.2, 0.25) is 0 Å². The fourth-order valence-electron chi connectivity index (χ4n) is 5.45. The van der Waals surface area contributed by atoms with E-state index in [0.29, 0.717) is 37.5 Å². The van der Waals surface area contributed by atoms with Gasteiger partial charge in [-0.1, -0.05) is 12.1 Å². The number of amides is 4. The number of piperidine rings is 2. The number of likely N-dealkylation sites (tertiary alicyclic amines) is 1. The van der Waals surface area contributed by atoms with Gasteiger partial charge in [0.05, 0.1) is 6.04 Å². The Kier molecular flexibility index (Phi) is 4.50. The second-order valence-electron chi connectivity index (χ2n) is 8.72. The lowest BCUT2D eigenvalue weighted by Gasteiger charge is -2.31. The topological polar surface area (TPSA) is 119 Å². The third-order valence-electron chi connectivity index (χ3n) is 6.88. The number of carbonyl (C=O) groups is 4. The Labute approximate surface area is 173 Å². The normalized spacial score (nSPS) is 30.1. The first-order valence-corrected chi connectivity index (χ1v) is 10.4. The molecule has 4 amide bonds. The molecule has 0 spiro atoms. The van der Waals surface area contributed by atoms with Crippen molar-refractivity contribution >= 4 is 23.8 Å². The molecule has 2 bridgehead atoms. The van der Waals surface area contributed by atoms with Gasteiger partial charge in [0.1, 0.15) is 6.04 Å². The largest absolute Gasteiger partial charge is 0.465 e. The van der Waals surface area contributed by atoms with Crippen LogP contribution in [0.5, 0.6) is 0 Å². The number of hydrogen-bond acceptors (Lipinski definition) is 5. The number of benzene rings is 1. The number of nitrogens with zero attached hydrogens (tertiary/aromatic N) is 2. The minimum atomic E-state index is -0.849. The minimum absolute atomic E-state index is 0.0338. The van der Waals surface area contributed by atoms with Gasteiger partial charge in [0.15, 0.2) is 0 Å². The molecular formula is C21H24N4O5. The Morgan fingerprint density at radius 1 is 1.23 bits per heavy atom. The molecule has 0 radical (unpaired) electrons. The van der Waals surface area contributed by atoms with Gasteiger partial charge in [0, 0.05) is 37.7 Å². The van der Waals surface area contributed by atoms with Gasteiger partial charge < -0.3 is 20.2 Å². The van der Waals surface area contributed by atoms with Crippen LogP contribution in [-0.4, -0.2) is 63.4 Å². The lowest BCUT2D eigenvalue weighted by atomic mass is 10.0. The first-order valence-electron chi connectivity index (χ1n) is 10.4. The molecule has 0 aromatic heterocycles. The van der Waals surface area contributed by atoms with E-state index in [-0.39, 0.29) is 30.3 Å². The number of carbonyl (C=O) groups excluding carboxylic acids is 3. The van der Waals surface area contributed by atoms with Crippen molar-refractivity contribution in [1.29, 1.82) is 0 Å². The van der Waals surface area contributed by atoms with E-state index in [9.17, 15) is 24.3 Å². The van der Waals surface area contributed by atoms with E-state index >= 15 is 0 Å². The van der Waals surface area contributed by atoms with Gasteiger partial charge in [0.25, 0.3) is 5.91 Å². The van der Waals surface area contributed by atoms with Crippen molar-refractivity contribution in [3.8, 4) is 0 Å². The molecule has 4 aliphatic rings. The second kappa shape index (κ2) is 7.09. The highest BCUT2D eigenvalue weighted by Crippen LogP contribution is 2.38. The van der Waals surface area contributed by atoms with Crippen molar-refractivity contribution in [2.75, 3.05) is 6.54 Å². The van der Waals surface area contributed by atoms with Crippen LogP contribution >= 0.6 is 0 Å².